The molecule has 1 saturated heterocycles. The highest BCUT2D eigenvalue weighted by molar-refractivity contribution is 5.82. The molecule has 1 heterocycles. The molecule has 1 aliphatic carbocycles. The van der Waals surface area contributed by atoms with Gasteiger partial charge < -0.3 is 14.8 Å². The minimum absolute atomic E-state index is 0.295. The Morgan fingerprint density at radius 2 is 2.00 bits per heavy atom. The topological polar surface area (TPSA) is 61.8 Å². The Labute approximate surface area is 88.9 Å². The Morgan fingerprint density at radius 3 is 2.33 bits per heavy atom. The number of carbonyl (C=O) groups is 1. The molecule has 0 amide bonds. The van der Waals surface area contributed by atoms with Crippen molar-refractivity contribution in [1.82, 2.24) is 5.23 Å². The van der Waals surface area contributed by atoms with Crippen molar-refractivity contribution in [3.8, 4) is 0 Å². The summed E-state index contributed by atoms with van der Waals surface area (Å²) in [5.74, 6) is -0.295. The standard InChI is InChI=1S/C10H16NO4/c1-8(2)9(3)5-6-10(8,11(13)14-4)15-7(9)12/h5-6H2,1-4H3/q-1. The minimum atomic E-state index is -1.15. The number of hydrogen-bond acceptors (Lipinski definition) is 5. The maximum atomic E-state index is 11.8. The molecule has 2 bridgehead atoms. The summed E-state index contributed by atoms with van der Waals surface area (Å²) in [7, 11) is 1.29. The van der Waals surface area contributed by atoms with Gasteiger partial charge in [-0.3, -0.25) is 4.79 Å². The second-order valence-corrected chi connectivity index (χ2v) is 5.07. The van der Waals surface area contributed by atoms with Crippen molar-refractivity contribution >= 4 is 5.97 Å². The van der Waals surface area contributed by atoms with Crippen LogP contribution in [-0.4, -0.2) is 24.0 Å². The molecule has 0 aromatic heterocycles. The fourth-order valence-corrected chi connectivity index (χ4v) is 2.78. The van der Waals surface area contributed by atoms with E-state index in [9.17, 15) is 10.0 Å². The van der Waals surface area contributed by atoms with E-state index in [0.717, 1.165) is 0 Å². The van der Waals surface area contributed by atoms with Crippen molar-refractivity contribution in [3.05, 3.63) is 5.21 Å². The van der Waals surface area contributed by atoms with Crippen molar-refractivity contribution in [2.24, 2.45) is 10.8 Å². The van der Waals surface area contributed by atoms with Crippen LogP contribution in [-0.2, 0) is 14.4 Å². The highest BCUT2D eigenvalue weighted by Crippen LogP contribution is 2.66. The van der Waals surface area contributed by atoms with E-state index in [0.29, 0.717) is 18.1 Å². The van der Waals surface area contributed by atoms with Crippen LogP contribution in [0.15, 0.2) is 0 Å². The first-order valence-electron chi connectivity index (χ1n) is 5.07. The largest absolute Gasteiger partial charge is 0.759 e. The number of carbonyl (C=O) groups excluding carboxylic acids is 1. The molecule has 5 nitrogen and oxygen atoms in total. The second-order valence-electron chi connectivity index (χ2n) is 5.07. The van der Waals surface area contributed by atoms with Crippen LogP contribution >= 0.6 is 0 Å². The summed E-state index contributed by atoms with van der Waals surface area (Å²) < 4.78 is 5.27. The number of rotatable bonds is 2. The average molecular weight is 214 g/mol. The lowest BCUT2D eigenvalue weighted by Crippen LogP contribution is -2.52. The molecule has 1 saturated carbocycles. The molecule has 2 unspecified atom stereocenters. The predicted molar refractivity (Wildman–Crippen MR) is 52.2 cm³/mol. The summed E-state index contributed by atoms with van der Waals surface area (Å²) >= 11 is 0. The van der Waals surface area contributed by atoms with Gasteiger partial charge in [0, 0.05) is 11.8 Å². The number of nitrogens with zero attached hydrogens (tertiary/aromatic N) is 1. The molecule has 0 spiro atoms. The third-order valence-corrected chi connectivity index (χ3v) is 4.49. The van der Waals surface area contributed by atoms with Crippen LogP contribution in [0.3, 0.4) is 0 Å². The van der Waals surface area contributed by atoms with Gasteiger partial charge in [0.15, 0.2) is 5.72 Å². The Balaban J connectivity index is 2.49. The Bertz CT molecular complexity index is 317. The zero-order chi connectivity index (χ0) is 11.5. The van der Waals surface area contributed by atoms with E-state index < -0.39 is 16.6 Å². The van der Waals surface area contributed by atoms with Gasteiger partial charge in [0.05, 0.1) is 12.5 Å². The van der Waals surface area contributed by atoms with Crippen molar-refractivity contribution in [1.29, 1.82) is 0 Å². The molecule has 2 atom stereocenters. The van der Waals surface area contributed by atoms with Crippen LogP contribution in [0.25, 0.3) is 0 Å². The van der Waals surface area contributed by atoms with Crippen molar-refractivity contribution < 1.29 is 14.4 Å². The van der Waals surface area contributed by atoms with E-state index in [2.05, 4.69) is 4.84 Å². The van der Waals surface area contributed by atoms with Crippen molar-refractivity contribution in [2.75, 3.05) is 7.11 Å². The summed E-state index contributed by atoms with van der Waals surface area (Å²) in [6, 6.07) is 0. The van der Waals surface area contributed by atoms with Crippen LogP contribution in [0.2, 0.25) is 0 Å². The van der Waals surface area contributed by atoms with Crippen LogP contribution < -0.4 is 0 Å². The summed E-state index contributed by atoms with van der Waals surface area (Å²) in [6.45, 7) is 5.62. The van der Waals surface area contributed by atoms with Gasteiger partial charge >= 0.3 is 5.97 Å². The zero-order valence-corrected chi connectivity index (χ0v) is 9.49. The maximum Gasteiger partial charge on any atom is 0.314 e. The number of hydroxylamine groups is 2. The fraction of sp³-hybridized carbons (Fsp3) is 0.900. The molecular weight excluding hydrogens is 198 g/mol. The molecule has 5 heteroatoms. The van der Waals surface area contributed by atoms with Gasteiger partial charge in [-0.25, -0.2) is 5.23 Å². The lowest BCUT2D eigenvalue weighted by atomic mass is 9.69. The molecule has 0 aromatic rings. The molecule has 15 heavy (non-hydrogen) atoms. The van der Waals surface area contributed by atoms with Gasteiger partial charge in [-0.15, -0.1) is 0 Å². The molecular formula is C10H16NO4-. The highest BCUT2D eigenvalue weighted by atomic mass is 16.9. The summed E-state index contributed by atoms with van der Waals surface area (Å²) in [6.07, 6.45) is 1.19. The normalized spacial score (nSPS) is 42.4. The third-order valence-electron chi connectivity index (χ3n) is 4.49. The van der Waals surface area contributed by atoms with E-state index >= 15 is 0 Å². The smallest absolute Gasteiger partial charge is 0.314 e. The second kappa shape index (κ2) is 2.72. The SMILES string of the molecule is CON([O-])C12CCC(C)(C(=O)O1)C2(C)C. The first-order chi connectivity index (χ1) is 6.82. The molecule has 0 aromatic carbocycles. The maximum absolute atomic E-state index is 11.8. The average Bonchev–Trinajstić information content (AvgIpc) is 2.47. The highest BCUT2D eigenvalue weighted by Gasteiger charge is 2.73. The lowest BCUT2D eigenvalue weighted by molar-refractivity contribution is -0.274. The molecule has 2 aliphatic rings. The summed E-state index contributed by atoms with van der Waals surface area (Å²) in [4.78, 5) is 16.4. The first kappa shape index (κ1) is 10.9. The number of hydrogen-bond donors (Lipinski definition) is 0. The number of esters is 1. The summed E-state index contributed by atoms with van der Waals surface area (Å²) in [5, 5.41) is 12.1. The molecule has 86 valence electrons. The van der Waals surface area contributed by atoms with Crippen LogP contribution in [0, 0.1) is 16.0 Å². The van der Waals surface area contributed by atoms with Crippen molar-refractivity contribution in [2.45, 2.75) is 39.3 Å². The van der Waals surface area contributed by atoms with Gasteiger partial charge in [0.25, 0.3) is 0 Å². The van der Waals surface area contributed by atoms with E-state index in [-0.39, 0.29) is 5.97 Å². The number of ether oxygens (including phenoxy) is 1. The molecule has 2 rings (SSSR count). The van der Waals surface area contributed by atoms with Crippen LogP contribution in [0.1, 0.15) is 33.6 Å². The first-order valence-corrected chi connectivity index (χ1v) is 5.07. The van der Waals surface area contributed by atoms with Crippen molar-refractivity contribution in [3.63, 3.8) is 0 Å². The summed E-state index contributed by atoms with van der Waals surface area (Å²) in [5.41, 5.74) is -2.25. The van der Waals surface area contributed by atoms with Gasteiger partial charge in [-0.2, -0.15) is 0 Å². The molecule has 2 fully saturated rings. The van der Waals surface area contributed by atoms with E-state index in [1.807, 2.05) is 20.8 Å². The Kier molecular flexibility index (Phi) is 1.97. The zero-order valence-electron chi connectivity index (χ0n) is 9.49. The van der Waals surface area contributed by atoms with Crippen LogP contribution in [0.4, 0.5) is 0 Å². The fourth-order valence-electron chi connectivity index (χ4n) is 2.78. The van der Waals surface area contributed by atoms with Gasteiger partial charge in [0.1, 0.15) is 0 Å². The third kappa shape index (κ3) is 0.915. The van der Waals surface area contributed by atoms with Gasteiger partial charge in [-0.05, 0) is 13.3 Å². The van der Waals surface area contributed by atoms with E-state index in [1.165, 1.54) is 7.11 Å². The molecule has 0 N–H and O–H groups in total. The molecule has 0 radical (unpaired) electrons. The van der Waals surface area contributed by atoms with E-state index in [1.54, 1.807) is 0 Å². The minimum Gasteiger partial charge on any atom is -0.759 e. The van der Waals surface area contributed by atoms with Gasteiger partial charge in [0.2, 0.25) is 0 Å². The Hall–Kier alpha value is -0.650. The monoisotopic (exact) mass is 214 g/mol. The lowest BCUT2D eigenvalue weighted by Gasteiger charge is -2.47. The Morgan fingerprint density at radius 1 is 1.40 bits per heavy atom. The quantitative estimate of drug-likeness (QED) is 0.514. The van der Waals surface area contributed by atoms with Gasteiger partial charge in [-0.1, -0.05) is 13.8 Å². The predicted octanol–water partition coefficient (Wildman–Crippen LogP) is 1.43. The van der Waals surface area contributed by atoms with E-state index in [4.69, 9.17) is 4.74 Å². The number of fused-ring (bicyclic) bond motifs is 2. The molecule has 1 aliphatic heterocycles. The van der Waals surface area contributed by atoms with Crippen LogP contribution in [0.5, 0.6) is 0 Å².